The molecule has 10 nitrogen and oxygen atoms in total. The van der Waals surface area contributed by atoms with Crippen LogP contribution in [-0.4, -0.2) is 55.9 Å². The van der Waals surface area contributed by atoms with E-state index in [1.54, 1.807) is 36.4 Å². The topological polar surface area (TPSA) is 131 Å². The summed E-state index contributed by atoms with van der Waals surface area (Å²) in [6.07, 6.45) is 3.05. The molecule has 0 saturated carbocycles. The molecule has 32 heavy (non-hydrogen) atoms. The molecular weight excluding hydrogens is 436 g/mol. The predicted molar refractivity (Wildman–Crippen MR) is 115 cm³/mol. The average Bonchev–Trinajstić information content (AvgIpc) is 3.06. The molecule has 2 aliphatic rings. The van der Waals surface area contributed by atoms with Gasteiger partial charge in [0.2, 0.25) is 11.8 Å². The molecule has 0 bridgehead atoms. The second-order valence-corrected chi connectivity index (χ2v) is 8.32. The van der Waals surface area contributed by atoms with Gasteiger partial charge in [-0.25, -0.2) is 14.8 Å². The van der Waals surface area contributed by atoms with Crippen molar-refractivity contribution in [3.63, 3.8) is 0 Å². The molecule has 4 rings (SSSR count). The van der Waals surface area contributed by atoms with Gasteiger partial charge in [0.15, 0.2) is 0 Å². The van der Waals surface area contributed by atoms with Crippen molar-refractivity contribution in [2.24, 2.45) is 0 Å². The van der Waals surface area contributed by atoms with Gasteiger partial charge in [0.25, 0.3) is 11.1 Å². The molecule has 2 fully saturated rings. The molecule has 166 valence electrons. The lowest BCUT2D eigenvalue weighted by Gasteiger charge is -2.35. The number of thioether (sulfide) groups is 1. The van der Waals surface area contributed by atoms with Gasteiger partial charge in [-0.3, -0.25) is 14.9 Å². The number of rotatable bonds is 5. The summed E-state index contributed by atoms with van der Waals surface area (Å²) < 4.78 is 11.7. The van der Waals surface area contributed by atoms with Gasteiger partial charge in [0, 0.05) is 25.4 Å². The number of hydrogen-bond acceptors (Lipinski definition) is 8. The molecule has 1 aromatic carbocycles. The summed E-state index contributed by atoms with van der Waals surface area (Å²) in [6.45, 7) is 2.26. The number of carbonyl (C=O) groups excluding carboxylic acids is 2. The smallest absolute Gasteiger partial charge is 0.407 e. The Hall–Kier alpha value is -3.60. The fraction of sp³-hybridized carbons (Fsp3) is 0.286. The Kier molecular flexibility index (Phi) is 6.26. The van der Waals surface area contributed by atoms with Crippen LogP contribution in [0, 0.1) is 0 Å². The highest BCUT2D eigenvalue weighted by Crippen LogP contribution is 2.28. The molecular formula is C21H20N4O6S. The SMILES string of the molecule is CC1CC(Oc2cc(Oc3ccc(C=C4SC(=O)NC4=O)cc3)ncn2)CCN1C(=O)O. The summed E-state index contributed by atoms with van der Waals surface area (Å²) in [6, 6.07) is 8.40. The quantitative estimate of drug-likeness (QED) is 0.649. The summed E-state index contributed by atoms with van der Waals surface area (Å²) >= 11 is 0.860. The van der Waals surface area contributed by atoms with Crippen LogP contribution in [0.15, 0.2) is 41.6 Å². The first-order valence-corrected chi connectivity index (χ1v) is 10.7. The third kappa shape index (κ3) is 5.17. The number of ether oxygens (including phenoxy) is 2. The number of carbonyl (C=O) groups is 3. The average molecular weight is 456 g/mol. The van der Waals surface area contributed by atoms with E-state index < -0.39 is 12.0 Å². The standard InChI is InChI=1S/C21H20N4O6S/c1-12-8-15(6-7-25(12)21(28)29)31-18-10-17(22-11-23-18)30-14-4-2-13(3-5-14)9-16-19(26)24-20(27)32-16/h2-5,9-12,15H,6-8H2,1H3,(H,28,29)(H,24,26,27). The number of nitrogens with zero attached hydrogens (tertiary/aromatic N) is 3. The minimum atomic E-state index is -0.922. The summed E-state index contributed by atoms with van der Waals surface area (Å²) in [5.74, 6) is 0.774. The van der Waals surface area contributed by atoms with Crippen molar-refractivity contribution >= 4 is 35.1 Å². The number of amides is 3. The lowest BCUT2D eigenvalue weighted by Crippen LogP contribution is -2.46. The molecule has 0 radical (unpaired) electrons. The van der Waals surface area contributed by atoms with E-state index in [2.05, 4.69) is 15.3 Å². The number of hydrogen-bond donors (Lipinski definition) is 2. The van der Waals surface area contributed by atoms with Crippen LogP contribution < -0.4 is 14.8 Å². The molecule has 2 atom stereocenters. The second kappa shape index (κ2) is 9.27. The highest BCUT2D eigenvalue weighted by atomic mass is 32.2. The number of likely N-dealkylation sites (tertiary alicyclic amines) is 1. The van der Waals surface area contributed by atoms with Gasteiger partial charge in [-0.1, -0.05) is 12.1 Å². The van der Waals surface area contributed by atoms with E-state index in [9.17, 15) is 19.5 Å². The predicted octanol–water partition coefficient (Wildman–Crippen LogP) is 3.50. The number of imide groups is 1. The Balaban J connectivity index is 1.37. The fourth-order valence-corrected chi connectivity index (χ4v) is 4.14. The highest BCUT2D eigenvalue weighted by molar-refractivity contribution is 8.18. The summed E-state index contributed by atoms with van der Waals surface area (Å²) in [5, 5.41) is 11.0. The number of piperidine rings is 1. The first-order valence-electron chi connectivity index (χ1n) is 9.88. The van der Waals surface area contributed by atoms with Crippen LogP contribution in [0.25, 0.3) is 6.08 Å². The lowest BCUT2D eigenvalue weighted by atomic mass is 10.0. The Morgan fingerprint density at radius 2 is 2.00 bits per heavy atom. The zero-order chi connectivity index (χ0) is 22.7. The Morgan fingerprint density at radius 1 is 1.25 bits per heavy atom. The Bertz CT molecular complexity index is 1070. The number of nitrogens with one attached hydrogen (secondary N) is 1. The first-order chi connectivity index (χ1) is 15.4. The minimum Gasteiger partial charge on any atom is -0.474 e. The molecule has 2 N–H and O–H groups in total. The molecule has 3 amide bonds. The van der Waals surface area contributed by atoms with Crippen LogP contribution in [-0.2, 0) is 4.79 Å². The molecule has 11 heteroatoms. The maximum absolute atomic E-state index is 11.6. The van der Waals surface area contributed by atoms with Gasteiger partial charge in [0.1, 0.15) is 18.2 Å². The zero-order valence-electron chi connectivity index (χ0n) is 17.1. The van der Waals surface area contributed by atoms with Crippen molar-refractivity contribution < 1.29 is 29.0 Å². The monoisotopic (exact) mass is 456 g/mol. The molecule has 2 saturated heterocycles. The van der Waals surface area contributed by atoms with Crippen LogP contribution in [0.3, 0.4) is 0 Å². The van der Waals surface area contributed by atoms with E-state index in [1.165, 1.54) is 11.2 Å². The van der Waals surface area contributed by atoms with Crippen molar-refractivity contribution in [3.05, 3.63) is 47.1 Å². The number of benzene rings is 1. The van der Waals surface area contributed by atoms with E-state index in [4.69, 9.17) is 9.47 Å². The summed E-state index contributed by atoms with van der Waals surface area (Å²) in [4.78, 5) is 44.0. The van der Waals surface area contributed by atoms with E-state index in [0.29, 0.717) is 41.8 Å². The normalized spacial score (nSPS) is 22.0. The van der Waals surface area contributed by atoms with Crippen molar-refractivity contribution in [2.45, 2.75) is 31.9 Å². The van der Waals surface area contributed by atoms with Gasteiger partial charge < -0.3 is 19.5 Å². The maximum atomic E-state index is 11.6. The van der Waals surface area contributed by atoms with Gasteiger partial charge in [-0.15, -0.1) is 0 Å². The van der Waals surface area contributed by atoms with Crippen molar-refractivity contribution in [1.82, 2.24) is 20.2 Å². The summed E-state index contributed by atoms with van der Waals surface area (Å²) in [5.41, 5.74) is 0.748. The third-order valence-corrected chi connectivity index (χ3v) is 5.83. The van der Waals surface area contributed by atoms with E-state index in [-0.39, 0.29) is 17.4 Å². The molecule has 2 aromatic rings. The summed E-state index contributed by atoms with van der Waals surface area (Å²) in [7, 11) is 0. The molecule has 0 aliphatic carbocycles. The van der Waals surface area contributed by atoms with Gasteiger partial charge in [-0.05, 0) is 42.5 Å². The Labute approximate surface area is 187 Å². The second-order valence-electron chi connectivity index (χ2n) is 7.31. The molecule has 1 aromatic heterocycles. The van der Waals surface area contributed by atoms with Crippen LogP contribution in [0.4, 0.5) is 9.59 Å². The third-order valence-electron chi connectivity index (χ3n) is 5.02. The molecule has 0 spiro atoms. The van der Waals surface area contributed by atoms with E-state index in [1.807, 2.05) is 6.92 Å². The Morgan fingerprint density at radius 3 is 2.66 bits per heavy atom. The van der Waals surface area contributed by atoms with Gasteiger partial charge >= 0.3 is 6.09 Å². The van der Waals surface area contributed by atoms with Crippen molar-refractivity contribution in [2.75, 3.05) is 6.54 Å². The van der Waals surface area contributed by atoms with Crippen molar-refractivity contribution in [1.29, 1.82) is 0 Å². The maximum Gasteiger partial charge on any atom is 0.407 e. The largest absolute Gasteiger partial charge is 0.474 e. The van der Waals surface area contributed by atoms with Crippen LogP contribution in [0.5, 0.6) is 17.5 Å². The van der Waals surface area contributed by atoms with Gasteiger partial charge in [-0.2, -0.15) is 0 Å². The van der Waals surface area contributed by atoms with Crippen LogP contribution in [0.1, 0.15) is 25.3 Å². The molecule has 2 aliphatic heterocycles. The minimum absolute atomic E-state index is 0.135. The van der Waals surface area contributed by atoms with Gasteiger partial charge in [0.05, 0.1) is 11.0 Å². The molecule has 2 unspecified atom stereocenters. The van der Waals surface area contributed by atoms with Crippen LogP contribution >= 0.6 is 11.8 Å². The zero-order valence-corrected chi connectivity index (χ0v) is 17.9. The number of aromatic nitrogens is 2. The lowest BCUT2D eigenvalue weighted by molar-refractivity contribution is -0.115. The van der Waals surface area contributed by atoms with E-state index in [0.717, 1.165) is 17.3 Å². The highest BCUT2D eigenvalue weighted by Gasteiger charge is 2.30. The van der Waals surface area contributed by atoms with E-state index >= 15 is 0 Å². The fourth-order valence-electron chi connectivity index (χ4n) is 3.46. The number of carboxylic acid groups (broad SMARTS) is 1. The van der Waals surface area contributed by atoms with Crippen LogP contribution in [0.2, 0.25) is 0 Å². The molecule has 3 heterocycles. The van der Waals surface area contributed by atoms with Crippen molar-refractivity contribution in [3.8, 4) is 17.5 Å². The first kappa shape index (κ1) is 21.6.